The highest BCUT2D eigenvalue weighted by molar-refractivity contribution is 5.33. The van der Waals surface area contributed by atoms with Gasteiger partial charge in [-0.15, -0.1) is 6.58 Å². The number of nitriles is 1. The van der Waals surface area contributed by atoms with E-state index in [0.29, 0.717) is 5.92 Å². The molecule has 0 amide bonds. The predicted octanol–water partition coefficient (Wildman–Crippen LogP) is 3.63. The third-order valence-electron chi connectivity index (χ3n) is 3.25. The normalized spacial score (nSPS) is 23.9. The molecule has 0 radical (unpaired) electrons. The van der Waals surface area contributed by atoms with Crippen molar-refractivity contribution in [1.82, 2.24) is 0 Å². The van der Waals surface area contributed by atoms with Crippen LogP contribution in [0.2, 0.25) is 0 Å². The van der Waals surface area contributed by atoms with Gasteiger partial charge in [-0.3, -0.25) is 0 Å². The molecule has 1 aliphatic rings. The Kier molecular flexibility index (Phi) is 2.87. The Morgan fingerprint density at radius 1 is 1.33 bits per heavy atom. The smallest absolute Gasteiger partial charge is 0.0991 e. The van der Waals surface area contributed by atoms with Crippen molar-refractivity contribution in [1.29, 1.82) is 5.26 Å². The molecule has 1 aliphatic carbocycles. The summed E-state index contributed by atoms with van der Waals surface area (Å²) in [6, 6.07) is 10.2. The van der Waals surface area contributed by atoms with Gasteiger partial charge in [-0.1, -0.05) is 18.2 Å². The van der Waals surface area contributed by atoms with Crippen molar-refractivity contribution in [3.05, 3.63) is 48.0 Å². The van der Waals surface area contributed by atoms with E-state index in [-0.39, 0.29) is 0 Å². The number of benzene rings is 1. The van der Waals surface area contributed by atoms with Crippen LogP contribution in [0.5, 0.6) is 0 Å². The van der Waals surface area contributed by atoms with Crippen LogP contribution in [0.25, 0.3) is 0 Å². The van der Waals surface area contributed by atoms with Gasteiger partial charge in [0, 0.05) is 0 Å². The van der Waals surface area contributed by atoms with E-state index in [1.54, 1.807) is 0 Å². The van der Waals surface area contributed by atoms with E-state index in [2.05, 4.69) is 24.8 Å². The Labute approximate surface area is 91.0 Å². The summed E-state index contributed by atoms with van der Waals surface area (Å²) in [5.41, 5.74) is 2.13. The van der Waals surface area contributed by atoms with Gasteiger partial charge >= 0.3 is 0 Å². The molecular weight excluding hydrogens is 182 g/mol. The molecule has 76 valence electrons. The monoisotopic (exact) mass is 197 g/mol. The maximum absolute atomic E-state index is 8.69. The van der Waals surface area contributed by atoms with E-state index >= 15 is 0 Å². The van der Waals surface area contributed by atoms with E-state index in [4.69, 9.17) is 5.26 Å². The molecule has 1 saturated carbocycles. The highest BCUT2D eigenvalue weighted by atomic mass is 14.3. The minimum atomic E-state index is 0.711. The fourth-order valence-corrected chi connectivity index (χ4v) is 2.27. The zero-order chi connectivity index (χ0) is 10.7. The lowest BCUT2D eigenvalue weighted by Gasteiger charge is -2.35. The van der Waals surface area contributed by atoms with Crippen molar-refractivity contribution >= 4 is 0 Å². The molecule has 0 bridgehead atoms. The molecular formula is C14H15N. The van der Waals surface area contributed by atoms with Gasteiger partial charge in [-0.2, -0.15) is 5.26 Å². The zero-order valence-electron chi connectivity index (χ0n) is 8.82. The summed E-state index contributed by atoms with van der Waals surface area (Å²) in [5.74, 6) is 1.55. The zero-order valence-corrected chi connectivity index (χ0v) is 8.82. The first-order valence-corrected chi connectivity index (χ1v) is 5.44. The third kappa shape index (κ3) is 2.10. The molecule has 0 heterocycles. The fraction of sp³-hybridized carbons (Fsp3) is 0.357. The van der Waals surface area contributed by atoms with E-state index in [0.717, 1.165) is 17.9 Å². The van der Waals surface area contributed by atoms with Gasteiger partial charge in [0.25, 0.3) is 0 Å². The Morgan fingerprint density at radius 3 is 2.53 bits per heavy atom. The van der Waals surface area contributed by atoms with Crippen LogP contribution in [0.3, 0.4) is 0 Å². The number of nitrogens with zero attached hydrogens (tertiary/aromatic N) is 1. The average molecular weight is 197 g/mol. The van der Waals surface area contributed by atoms with Gasteiger partial charge in [0.2, 0.25) is 0 Å². The van der Waals surface area contributed by atoms with Crippen LogP contribution in [-0.4, -0.2) is 0 Å². The summed E-state index contributed by atoms with van der Waals surface area (Å²) in [5, 5.41) is 8.69. The van der Waals surface area contributed by atoms with Gasteiger partial charge in [0.05, 0.1) is 11.6 Å². The standard InChI is InChI=1S/C14H15N/c1-2-3-12-8-14(9-12)13-6-4-11(10-15)5-7-13/h2,4-7,12,14H,1,3,8-9H2. The Morgan fingerprint density at radius 2 is 2.00 bits per heavy atom. The Bertz CT molecular complexity index is 377. The van der Waals surface area contributed by atoms with Gasteiger partial charge in [0.15, 0.2) is 0 Å². The largest absolute Gasteiger partial charge is 0.192 e. The van der Waals surface area contributed by atoms with Crippen molar-refractivity contribution in [2.24, 2.45) is 5.92 Å². The molecule has 0 atom stereocenters. The molecule has 0 unspecified atom stereocenters. The fourth-order valence-electron chi connectivity index (χ4n) is 2.27. The lowest BCUT2D eigenvalue weighted by atomic mass is 9.70. The first-order valence-electron chi connectivity index (χ1n) is 5.44. The predicted molar refractivity (Wildman–Crippen MR) is 61.4 cm³/mol. The van der Waals surface area contributed by atoms with Crippen molar-refractivity contribution in [2.75, 3.05) is 0 Å². The van der Waals surface area contributed by atoms with Crippen molar-refractivity contribution < 1.29 is 0 Å². The summed E-state index contributed by atoms with van der Waals surface area (Å²) in [7, 11) is 0. The summed E-state index contributed by atoms with van der Waals surface area (Å²) in [6.45, 7) is 3.77. The molecule has 1 aromatic rings. The van der Waals surface area contributed by atoms with Gasteiger partial charge < -0.3 is 0 Å². The summed E-state index contributed by atoms with van der Waals surface area (Å²) in [6.07, 6.45) is 5.71. The molecule has 1 nitrogen and oxygen atoms in total. The number of hydrogen-bond acceptors (Lipinski definition) is 1. The maximum Gasteiger partial charge on any atom is 0.0991 e. The van der Waals surface area contributed by atoms with E-state index < -0.39 is 0 Å². The second-order valence-corrected chi connectivity index (χ2v) is 4.29. The van der Waals surface area contributed by atoms with Crippen molar-refractivity contribution in [2.45, 2.75) is 25.2 Å². The molecule has 2 rings (SSSR count). The van der Waals surface area contributed by atoms with Crippen LogP contribution >= 0.6 is 0 Å². The number of hydrogen-bond donors (Lipinski definition) is 0. The van der Waals surface area contributed by atoms with E-state index in [9.17, 15) is 0 Å². The van der Waals surface area contributed by atoms with Gasteiger partial charge in [0.1, 0.15) is 0 Å². The van der Waals surface area contributed by atoms with Gasteiger partial charge in [-0.05, 0) is 48.8 Å². The molecule has 1 heteroatoms. The van der Waals surface area contributed by atoms with Crippen molar-refractivity contribution in [3.63, 3.8) is 0 Å². The van der Waals surface area contributed by atoms with Gasteiger partial charge in [-0.25, -0.2) is 0 Å². The Balaban J connectivity index is 1.96. The topological polar surface area (TPSA) is 23.8 Å². The second-order valence-electron chi connectivity index (χ2n) is 4.29. The molecule has 1 fully saturated rings. The third-order valence-corrected chi connectivity index (χ3v) is 3.25. The number of allylic oxidation sites excluding steroid dienone is 1. The van der Waals surface area contributed by atoms with E-state index in [1.165, 1.54) is 18.4 Å². The lowest BCUT2D eigenvalue weighted by Crippen LogP contribution is -2.21. The van der Waals surface area contributed by atoms with E-state index in [1.807, 2.05) is 18.2 Å². The summed E-state index contributed by atoms with van der Waals surface area (Å²) >= 11 is 0. The second kappa shape index (κ2) is 4.31. The molecule has 0 aromatic heterocycles. The summed E-state index contributed by atoms with van der Waals surface area (Å²) < 4.78 is 0. The first kappa shape index (κ1) is 9.98. The molecule has 0 aliphatic heterocycles. The van der Waals surface area contributed by atoms with Crippen LogP contribution in [0, 0.1) is 17.2 Å². The van der Waals surface area contributed by atoms with Crippen LogP contribution in [0.1, 0.15) is 36.3 Å². The first-order chi connectivity index (χ1) is 7.33. The molecule has 1 aromatic carbocycles. The minimum absolute atomic E-state index is 0.711. The minimum Gasteiger partial charge on any atom is -0.192 e. The lowest BCUT2D eigenvalue weighted by molar-refractivity contribution is 0.266. The average Bonchev–Trinajstić information content (AvgIpc) is 2.23. The van der Waals surface area contributed by atoms with Crippen LogP contribution < -0.4 is 0 Å². The van der Waals surface area contributed by atoms with Crippen molar-refractivity contribution in [3.8, 4) is 6.07 Å². The Hall–Kier alpha value is -1.55. The number of rotatable bonds is 3. The van der Waals surface area contributed by atoms with Crippen LogP contribution in [0.4, 0.5) is 0 Å². The molecule has 15 heavy (non-hydrogen) atoms. The molecule has 0 spiro atoms. The van der Waals surface area contributed by atoms with Crippen LogP contribution in [0.15, 0.2) is 36.9 Å². The molecule has 0 saturated heterocycles. The SMILES string of the molecule is C=CCC1CC(c2ccc(C#N)cc2)C1. The highest BCUT2D eigenvalue weighted by Gasteiger charge is 2.28. The van der Waals surface area contributed by atoms with Crippen LogP contribution in [-0.2, 0) is 0 Å². The summed E-state index contributed by atoms with van der Waals surface area (Å²) in [4.78, 5) is 0. The maximum atomic E-state index is 8.69. The molecule has 0 N–H and O–H groups in total. The quantitative estimate of drug-likeness (QED) is 0.679. The highest BCUT2D eigenvalue weighted by Crippen LogP contribution is 2.43.